The van der Waals surface area contributed by atoms with Gasteiger partial charge < -0.3 is 20.3 Å². The van der Waals surface area contributed by atoms with Gasteiger partial charge in [-0.1, -0.05) is 6.58 Å². The summed E-state index contributed by atoms with van der Waals surface area (Å²) in [6.45, 7) is 4.99. The summed E-state index contributed by atoms with van der Waals surface area (Å²) in [4.78, 5) is 32.8. The molecule has 2 N–H and O–H groups in total. The monoisotopic (exact) mass is 430 g/mol. The lowest BCUT2D eigenvalue weighted by atomic mass is 10.1. The van der Waals surface area contributed by atoms with Crippen molar-refractivity contribution in [3.05, 3.63) is 54.7 Å². The number of rotatable bonds is 7. The van der Waals surface area contributed by atoms with E-state index < -0.39 is 5.91 Å². The van der Waals surface area contributed by atoms with Gasteiger partial charge in [0.05, 0.1) is 24.2 Å². The van der Waals surface area contributed by atoms with Crippen LogP contribution >= 0.6 is 0 Å². The van der Waals surface area contributed by atoms with Crippen LogP contribution in [0.3, 0.4) is 0 Å². The van der Waals surface area contributed by atoms with Gasteiger partial charge in [0.1, 0.15) is 6.07 Å². The molecule has 32 heavy (non-hydrogen) atoms. The van der Waals surface area contributed by atoms with Crippen LogP contribution in [0.25, 0.3) is 10.8 Å². The Balaban J connectivity index is 1.47. The zero-order valence-electron chi connectivity index (χ0n) is 16.9. The average molecular weight is 430 g/mol. The van der Waals surface area contributed by atoms with E-state index in [-0.39, 0.29) is 18.3 Å². The van der Waals surface area contributed by atoms with Crippen molar-refractivity contribution in [2.45, 2.75) is 12.5 Å². The molecule has 3 heterocycles. The van der Waals surface area contributed by atoms with Gasteiger partial charge in [-0.3, -0.25) is 9.59 Å². The quantitative estimate of drug-likeness (QED) is 0.322. The van der Waals surface area contributed by atoms with Crippen LogP contribution in [0.5, 0.6) is 0 Å². The predicted octanol–water partition coefficient (Wildman–Crippen LogP) is 1.61. The van der Waals surface area contributed by atoms with Gasteiger partial charge in [0.2, 0.25) is 5.95 Å². The van der Waals surface area contributed by atoms with E-state index in [4.69, 9.17) is 5.26 Å². The average Bonchev–Trinajstić information content (AvgIpc) is 3.27. The summed E-state index contributed by atoms with van der Waals surface area (Å²) in [7, 11) is 0. The van der Waals surface area contributed by atoms with Gasteiger partial charge in [-0.15, -0.1) is 5.10 Å². The maximum atomic E-state index is 12.0. The lowest BCUT2D eigenvalue weighted by Gasteiger charge is -2.19. The number of aromatic nitrogens is 4. The van der Waals surface area contributed by atoms with Crippen LogP contribution < -0.4 is 15.5 Å². The fourth-order valence-corrected chi connectivity index (χ4v) is 3.41. The van der Waals surface area contributed by atoms with Crippen molar-refractivity contribution in [1.29, 1.82) is 5.26 Å². The first-order valence-corrected chi connectivity index (χ1v) is 9.67. The number of amides is 1. The van der Waals surface area contributed by atoms with Crippen LogP contribution in [0, 0.1) is 11.3 Å². The van der Waals surface area contributed by atoms with Crippen LogP contribution in [0.1, 0.15) is 12.0 Å². The minimum absolute atomic E-state index is 0.113. The second-order valence-electron chi connectivity index (χ2n) is 7.04. The SMILES string of the molecule is C=C(OC=O)C(=O)Nc1ccc2c(N3CCC(Nc4ncc(C#N)cn4)C3)nncc2c1. The molecule has 11 heteroatoms. The number of hydrogen-bond acceptors (Lipinski definition) is 10. The minimum Gasteiger partial charge on any atom is -0.423 e. The summed E-state index contributed by atoms with van der Waals surface area (Å²) in [5.74, 6) is 0.298. The molecule has 2 aromatic heterocycles. The number of benzene rings is 1. The highest BCUT2D eigenvalue weighted by Crippen LogP contribution is 2.29. The lowest BCUT2D eigenvalue weighted by Crippen LogP contribution is -2.27. The van der Waals surface area contributed by atoms with Gasteiger partial charge in [-0.05, 0) is 24.6 Å². The van der Waals surface area contributed by atoms with Crippen LogP contribution in [0.2, 0.25) is 0 Å². The third-order valence-corrected chi connectivity index (χ3v) is 4.95. The van der Waals surface area contributed by atoms with Gasteiger partial charge in [0.25, 0.3) is 12.4 Å². The van der Waals surface area contributed by atoms with Crippen LogP contribution in [0.15, 0.2) is 49.1 Å². The van der Waals surface area contributed by atoms with Gasteiger partial charge in [0.15, 0.2) is 11.6 Å². The van der Waals surface area contributed by atoms with Crippen molar-refractivity contribution in [3.63, 3.8) is 0 Å². The Bertz CT molecular complexity index is 1220. The standard InChI is InChI=1S/C21H18N8O3/c1-13(32-12-30)20(31)26-16-2-3-18-15(6-16)10-25-28-19(18)29-5-4-17(11-29)27-21-23-8-14(7-22)9-24-21/h2-3,6,8-10,12,17H,1,4-5,11H2,(H,26,31)(H,23,24,27). The molecule has 1 aliphatic rings. The first kappa shape index (κ1) is 20.7. The van der Waals surface area contributed by atoms with E-state index in [1.54, 1.807) is 18.3 Å². The largest absolute Gasteiger partial charge is 0.423 e. The van der Waals surface area contributed by atoms with Gasteiger partial charge >= 0.3 is 0 Å². The van der Waals surface area contributed by atoms with E-state index in [0.717, 1.165) is 29.6 Å². The number of anilines is 3. The van der Waals surface area contributed by atoms with Gasteiger partial charge in [-0.2, -0.15) is 10.4 Å². The van der Waals surface area contributed by atoms with E-state index >= 15 is 0 Å². The fraction of sp³-hybridized carbons (Fsp3) is 0.190. The third kappa shape index (κ3) is 4.44. The zero-order chi connectivity index (χ0) is 22.5. The Morgan fingerprint density at radius 3 is 2.88 bits per heavy atom. The molecular weight excluding hydrogens is 412 g/mol. The normalized spacial score (nSPS) is 15.1. The van der Waals surface area contributed by atoms with Crippen LogP contribution in [-0.2, 0) is 14.3 Å². The Labute approximate surface area is 182 Å². The Kier molecular flexibility index (Phi) is 5.85. The molecule has 0 bridgehead atoms. The van der Waals surface area contributed by atoms with Crippen molar-refractivity contribution in [1.82, 2.24) is 20.2 Å². The summed E-state index contributed by atoms with van der Waals surface area (Å²) in [5, 5.41) is 24.9. The van der Waals surface area contributed by atoms with Crippen molar-refractivity contribution >= 4 is 40.6 Å². The molecule has 0 spiro atoms. The topological polar surface area (TPSA) is 146 Å². The number of nitrogens with zero attached hydrogens (tertiary/aromatic N) is 6. The minimum atomic E-state index is -0.614. The molecular formula is C21H18N8O3. The molecule has 1 unspecified atom stereocenters. The second-order valence-corrected chi connectivity index (χ2v) is 7.04. The molecule has 0 radical (unpaired) electrons. The van der Waals surface area contributed by atoms with Crippen molar-refractivity contribution < 1.29 is 14.3 Å². The summed E-state index contributed by atoms with van der Waals surface area (Å²) in [6, 6.07) is 7.45. The Hall–Kier alpha value is -4.59. The summed E-state index contributed by atoms with van der Waals surface area (Å²) >= 11 is 0. The molecule has 1 fully saturated rings. The summed E-state index contributed by atoms with van der Waals surface area (Å²) in [5.41, 5.74) is 0.918. The van der Waals surface area contributed by atoms with E-state index in [2.05, 4.69) is 47.0 Å². The highest BCUT2D eigenvalue weighted by molar-refractivity contribution is 6.04. The Morgan fingerprint density at radius 2 is 2.12 bits per heavy atom. The van der Waals surface area contributed by atoms with Gasteiger partial charge in [0, 0.05) is 35.6 Å². The molecule has 11 nitrogen and oxygen atoms in total. The highest BCUT2D eigenvalue weighted by atomic mass is 16.5. The molecule has 4 rings (SSSR count). The molecule has 3 aromatic rings. The van der Waals surface area contributed by atoms with Crippen LogP contribution in [-0.4, -0.2) is 51.7 Å². The van der Waals surface area contributed by atoms with E-state index in [1.165, 1.54) is 12.4 Å². The molecule has 0 aliphatic carbocycles. The van der Waals surface area contributed by atoms with E-state index in [9.17, 15) is 9.59 Å². The maximum Gasteiger partial charge on any atom is 0.298 e. The number of nitriles is 1. The first-order chi connectivity index (χ1) is 15.6. The second kappa shape index (κ2) is 9.05. The van der Waals surface area contributed by atoms with E-state index in [0.29, 0.717) is 23.7 Å². The molecule has 0 saturated carbocycles. The fourth-order valence-electron chi connectivity index (χ4n) is 3.41. The number of hydrogen-bond donors (Lipinski definition) is 2. The van der Waals surface area contributed by atoms with Crippen LogP contribution in [0.4, 0.5) is 17.5 Å². The number of carbonyl (C=O) groups is 2. The van der Waals surface area contributed by atoms with Gasteiger partial charge in [-0.25, -0.2) is 9.97 Å². The zero-order valence-corrected chi connectivity index (χ0v) is 16.9. The number of carbonyl (C=O) groups excluding carboxylic acids is 2. The molecule has 160 valence electrons. The highest BCUT2D eigenvalue weighted by Gasteiger charge is 2.25. The number of fused-ring (bicyclic) bond motifs is 1. The maximum absolute atomic E-state index is 12.0. The molecule has 1 saturated heterocycles. The first-order valence-electron chi connectivity index (χ1n) is 9.67. The van der Waals surface area contributed by atoms with E-state index in [1.807, 2.05) is 12.1 Å². The smallest absolute Gasteiger partial charge is 0.298 e. The molecule has 1 aliphatic heterocycles. The number of ether oxygens (including phenoxy) is 1. The summed E-state index contributed by atoms with van der Waals surface area (Å²) < 4.78 is 4.47. The van der Waals surface area contributed by atoms with Crippen molar-refractivity contribution in [2.75, 3.05) is 28.6 Å². The number of nitrogens with one attached hydrogen (secondary N) is 2. The lowest BCUT2D eigenvalue weighted by molar-refractivity contribution is -0.129. The molecule has 1 atom stereocenters. The Morgan fingerprint density at radius 1 is 1.31 bits per heavy atom. The third-order valence-electron chi connectivity index (χ3n) is 4.95. The molecule has 1 aromatic carbocycles. The molecule has 1 amide bonds. The predicted molar refractivity (Wildman–Crippen MR) is 115 cm³/mol. The van der Waals surface area contributed by atoms with Crippen molar-refractivity contribution in [2.24, 2.45) is 0 Å². The van der Waals surface area contributed by atoms with Crippen molar-refractivity contribution in [3.8, 4) is 6.07 Å². The summed E-state index contributed by atoms with van der Waals surface area (Å²) in [6.07, 6.45) is 5.43.